The molecule has 0 N–H and O–H groups in total. The van der Waals surface area contributed by atoms with Gasteiger partial charge in [-0.05, 0) is 18.9 Å². The van der Waals surface area contributed by atoms with Crippen LogP contribution in [-0.4, -0.2) is 57.6 Å². The SMILES string of the molecule is COCCN1CCC2(CC1)Oc1c(OC)cccc1[C@H]1OCCC[C@@H]12. The molecule has 0 bridgehead atoms. The summed E-state index contributed by atoms with van der Waals surface area (Å²) in [4.78, 5) is 2.48. The maximum Gasteiger partial charge on any atom is 0.167 e. The minimum atomic E-state index is -0.129. The highest BCUT2D eigenvalue weighted by atomic mass is 16.5. The molecule has 1 spiro atoms. The largest absolute Gasteiger partial charge is 0.493 e. The number of rotatable bonds is 4. The predicted octanol–water partition coefficient (Wildman–Crippen LogP) is 3.04. The Morgan fingerprint density at radius 3 is 2.84 bits per heavy atom. The smallest absolute Gasteiger partial charge is 0.167 e. The van der Waals surface area contributed by atoms with Crippen LogP contribution in [0.4, 0.5) is 0 Å². The first-order valence-corrected chi connectivity index (χ1v) is 9.46. The fraction of sp³-hybridized carbons (Fsp3) is 0.700. The lowest BCUT2D eigenvalue weighted by Gasteiger charge is -2.53. The van der Waals surface area contributed by atoms with Gasteiger partial charge < -0.3 is 23.8 Å². The van der Waals surface area contributed by atoms with E-state index in [2.05, 4.69) is 11.0 Å². The first-order valence-electron chi connectivity index (χ1n) is 9.46. The second-order valence-corrected chi connectivity index (χ2v) is 7.42. The molecule has 0 radical (unpaired) electrons. The Labute approximate surface area is 150 Å². The van der Waals surface area contributed by atoms with E-state index in [1.54, 1.807) is 14.2 Å². The molecule has 3 aliphatic rings. The Kier molecular flexibility index (Phi) is 4.89. The average Bonchev–Trinajstić information content (AvgIpc) is 2.67. The molecule has 3 heterocycles. The van der Waals surface area contributed by atoms with Crippen LogP contribution in [0.5, 0.6) is 11.5 Å². The second-order valence-electron chi connectivity index (χ2n) is 7.42. The summed E-state index contributed by atoms with van der Waals surface area (Å²) in [6.07, 6.45) is 4.52. The Morgan fingerprint density at radius 1 is 1.24 bits per heavy atom. The molecule has 5 heteroatoms. The van der Waals surface area contributed by atoms with Crippen LogP contribution in [0.15, 0.2) is 18.2 Å². The third-order valence-electron chi connectivity index (χ3n) is 6.15. The van der Waals surface area contributed by atoms with Crippen molar-refractivity contribution in [2.75, 3.05) is 47.1 Å². The molecule has 4 rings (SSSR count). The van der Waals surface area contributed by atoms with Gasteiger partial charge >= 0.3 is 0 Å². The molecule has 1 aromatic carbocycles. The van der Waals surface area contributed by atoms with Gasteiger partial charge in [-0.25, -0.2) is 0 Å². The molecule has 2 saturated heterocycles. The van der Waals surface area contributed by atoms with Crippen LogP contribution in [0.1, 0.15) is 37.4 Å². The normalized spacial score (nSPS) is 28.1. The van der Waals surface area contributed by atoms with Gasteiger partial charge in [-0.1, -0.05) is 12.1 Å². The van der Waals surface area contributed by atoms with E-state index in [-0.39, 0.29) is 11.7 Å². The van der Waals surface area contributed by atoms with Crippen molar-refractivity contribution >= 4 is 0 Å². The first-order chi connectivity index (χ1) is 12.3. The summed E-state index contributed by atoms with van der Waals surface area (Å²) < 4.78 is 23.8. The minimum Gasteiger partial charge on any atom is -0.493 e. The van der Waals surface area contributed by atoms with E-state index in [1.165, 1.54) is 6.42 Å². The zero-order valence-electron chi connectivity index (χ0n) is 15.3. The van der Waals surface area contributed by atoms with Gasteiger partial charge in [0.05, 0.1) is 19.8 Å². The molecule has 0 aliphatic carbocycles. The molecule has 2 atom stereocenters. The summed E-state index contributed by atoms with van der Waals surface area (Å²) in [7, 11) is 3.48. The van der Waals surface area contributed by atoms with Gasteiger partial charge in [0.1, 0.15) is 5.60 Å². The number of piperidine rings is 1. The van der Waals surface area contributed by atoms with Gasteiger partial charge in [-0.3, -0.25) is 0 Å². The highest BCUT2D eigenvalue weighted by Crippen LogP contribution is 2.55. The van der Waals surface area contributed by atoms with Crippen LogP contribution in [0.25, 0.3) is 0 Å². The highest BCUT2D eigenvalue weighted by Gasteiger charge is 2.52. The van der Waals surface area contributed by atoms with Crippen LogP contribution in [0, 0.1) is 5.92 Å². The number of likely N-dealkylation sites (tertiary alicyclic amines) is 1. The van der Waals surface area contributed by atoms with Crippen molar-refractivity contribution in [2.24, 2.45) is 5.92 Å². The van der Waals surface area contributed by atoms with Crippen molar-refractivity contribution in [3.05, 3.63) is 23.8 Å². The number of methoxy groups -OCH3 is 2. The summed E-state index contributed by atoms with van der Waals surface area (Å²) in [6, 6.07) is 6.17. The number of hydrogen-bond acceptors (Lipinski definition) is 5. The number of fused-ring (bicyclic) bond motifs is 4. The Hall–Kier alpha value is -1.30. The Morgan fingerprint density at radius 2 is 2.08 bits per heavy atom. The number of hydrogen-bond donors (Lipinski definition) is 0. The number of ether oxygens (including phenoxy) is 4. The number of nitrogens with zero attached hydrogens (tertiary/aromatic N) is 1. The van der Waals surface area contributed by atoms with Gasteiger partial charge in [-0.15, -0.1) is 0 Å². The summed E-state index contributed by atoms with van der Waals surface area (Å²) in [5.74, 6) is 2.16. The first kappa shape index (κ1) is 17.1. The topological polar surface area (TPSA) is 40.2 Å². The van der Waals surface area contributed by atoms with Crippen LogP contribution in [0.3, 0.4) is 0 Å². The number of benzene rings is 1. The molecule has 138 valence electrons. The highest BCUT2D eigenvalue weighted by molar-refractivity contribution is 5.50. The third kappa shape index (κ3) is 3.03. The Bertz CT molecular complexity index is 597. The molecule has 0 amide bonds. The van der Waals surface area contributed by atoms with Gasteiger partial charge in [0, 0.05) is 57.7 Å². The van der Waals surface area contributed by atoms with E-state index in [4.69, 9.17) is 18.9 Å². The van der Waals surface area contributed by atoms with E-state index in [1.807, 2.05) is 12.1 Å². The van der Waals surface area contributed by atoms with Gasteiger partial charge in [0.25, 0.3) is 0 Å². The van der Waals surface area contributed by atoms with E-state index in [0.29, 0.717) is 5.92 Å². The molecule has 3 aliphatic heterocycles. The molecule has 25 heavy (non-hydrogen) atoms. The van der Waals surface area contributed by atoms with Gasteiger partial charge in [0.15, 0.2) is 11.5 Å². The monoisotopic (exact) mass is 347 g/mol. The summed E-state index contributed by atoms with van der Waals surface area (Å²) >= 11 is 0. The molecule has 2 fully saturated rings. The van der Waals surface area contributed by atoms with E-state index >= 15 is 0 Å². The predicted molar refractivity (Wildman–Crippen MR) is 95.3 cm³/mol. The van der Waals surface area contributed by atoms with Crippen molar-refractivity contribution in [1.82, 2.24) is 4.90 Å². The lowest BCUT2D eigenvalue weighted by Crippen LogP contribution is -2.57. The van der Waals surface area contributed by atoms with Crippen molar-refractivity contribution in [3.63, 3.8) is 0 Å². The average molecular weight is 347 g/mol. The quantitative estimate of drug-likeness (QED) is 0.837. The van der Waals surface area contributed by atoms with Crippen molar-refractivity contribution in [3.8, 4) is 11.5 Å². The third-order valence-corrected chi connectivity index (χ3v) is 6.15. The maximum atomic E-state index is 6.74. The van der Waals surface area contributed by atoms with Crippen LogP contribution < -0.4 is 9.47 Å². The lowest BCUT2D eigenvalue weighted by molar-refractivity contribution is -0.150. The van der Waals surface area contributed by atoms with Crippen LogP contribution >= 0.6 is 0 Å². The van der Waals surface area contributed by atoms with Gasteiger partial charge in [-0.2, -0.15) is 0 Å². The van der Waals surface area contributed by atoms with Crippen molar-refractivity contribution in [1.29, 1.82) is 0 Å². The zero-order chi connectivity index (χ0) is 17.3. The maximum absolute atomic E-state index is 6.74. The summed E-state index contributed by atoms with van der Waals surface area (Å²) in [5.41, 5.74) is 1.03. The molecule has 0 unspecified atom stereocenters. The zero-order valence-corrected chi connectivity index (χ0v) is 15.3. The molecule has 0 aromatic heterocycles. The fourth-order valence-corrected chi connectivity index (χ4v) is 4.78. The van der Waals surface area contributed by atoms with Crippen molar-refractivity contribution in [2.45, 2.75) is 37.4 Å². The molecule has 5 nitrogen and oxygen atoms in total. The summed E-state index contributed by atoms with van der Waals surface area (Å²) in [5, 5.41) is 0. The van der Waals surface area contributed by atoms with Crippen LogP contribution in [-0.2, 0) is 9.47 Å². The molecular formula is C20H29NO4. The molecular weight excluding hydrogens is 318 g/mol. The molecule has 1 aromatic rings. The molecule has 0 saturated carbocycles. The number of para-hydroxylation sites is 1. The van der Waals surface area contributed by atoms with Gasteiger partial charge in [0.2, 0.25) is 0 Å². The minimum absolute atomic E-state index is 0.129. The van der Waals surface area contributed by atoms with E-state index in [0.717, 1.165) is 69.2 Å². The second kappa shape index (κ2) is 7.14. The van der Waals surface area contributed by atoms with Crippen molar-refractivity contribution < 1.29 is 18.9 Å². The Balaban J connectivity index is 1.62. The van der Waals surface area contributed by atoms with E-state index < -0.39 is 0 Å². The lowest BCUT2D eigenvalue weighted by atomic mass is 9.70. The van der Waals surface area contributed by atoms with Crippen LogP contribution in [0.2, 0.25) is 0 Å². The summed E-state index contributed by atoms with van der Waals surface area (Å²) in [6.45, 7) is 4.73. The van der Waals surface area contributed by atoms with E-state index in [9.17, 15) is 0 Å². The fourth-order valence-electron chi connectivity index (χ4n) is 4.78. The standard InChI is InChI=1S/C20H29NO4/c1-22-14-12-21-10-8-20(9-11-21)16-6-4-13-24-18(16)15-5-3-7-17(23-2)19(15)25-20/h3,5,7,16,18H,4,6,8-14H2,1-2H3/t16-,18+/m0/s1.